The van der Waals surface area contributed by atoms with Gasteiger partial charge in [0.1, 0.15) is 17.2 Å². The van der Waals surface area contributed by atoms with E-state index in [4.69, 9.17) is 14.2 Å². The maximum atomic E-state index is 12.7. The number of carbonyl (C=O) groups excluding carboxylic acids is 1. The zero-order valence-electron chi connectivity index (χ0n) is 18.5. The summed E-state index contributed by atoms with van der Waals surface area (Å²) < 4.78 is 16.8. The number of hydrogen-bond donors (Lipinski definition) is 1. The fourth-order valence-corrected chi connectivity index (χ4v) is 3.13. The molecule has 31 heavy (non-hydrogen) atoms. The number of pyridine rings is 1. The number of ether oxygens (including phenoxy) is 3. The third-order valence-electron chi connectivity index (χ3n) is 4.63. The number of nitrogens with zero attached hydrogens (tertiary/aromatic N) is 1. The van der Waals surface area contributed by atoms with Crippen molar-refractivity contribution < 1.29 is 19.0 Å². The van der Waals surface area contributed by atoms with E-state index in [0.29, 0.717) is 28.4 Å². The van der Waals surface area contributed by atoms with Crippen LogP contribution in [0, 0.1) is 6.92 Å². The first-order valence-corrected chi connectivity index (χ1v) is 10.2. The minimum absolute atomic E-state index is 0.107. The van der Waals surface area contributed by atoms with E-state index in [2.05, 4.69) is 10.3 Å². The van der Waals surface area contributed by atoms with Gasteiger partial charge in [-0.15, -0.1) is 0 Å². The largest absolute Gasteiger partial charge is 0.497 e. The predicted octanol–water partition coefficient (Wildman–Crippen LogP) is 5.93. The van der Waals surface area contributed by atoms with Crippen LogP contribution in [0.2, 0.25) is 0 Å². The van der Waals surface area contributed by atoms with Crippen LogP contribution in [0.15, 0.2) is 60.7 Å². The normalized spacial score (nSPS) is 11.8. The number of methoxy groups -OCH3 is 1. The van der Waals surface area contributed by atoms with Crippen molar-refractivity contribution in [3.63, 3.8) is 0 Å². The molecular weight excluding hydrogens is 392 g/mol. The molecule has 6 nitrogen and oxygen atoms in total. The van der Waals surface area contributed by atoms with E-state index in [0.717, 1.165) is 11.4 Å². The molecule has 1 aromatic heterocycles. The van der Waals surface area contributed by atoms with E-state index in [9.17, 15) is 4.79 Å². The quantitative estimate of drug-likeness (QED) is 0.489. The van der Waals surface area contributed by atoms with Gasteiger partial charge in [0, 0.05) is 11.8 Å². The molecule has 162 valence electrons. The third-order valence-corrected chi connectivity index (χ3v) is 4.63. The maximum Gasteiger partial charge on any atom is 0.257 e. The van der Waals surface area contributed by atoms with Gasteiger partial charge in [0.25, 0.3) is 5.91 Å². The Kier molecular flexibility index (Phi) is 7.26. The van der Waals surface area contributed by atoms with Crippen LogP contribution in [0.25, 0.3) is 0 Å². The number of aryl methyl sites for hydroxylation is 1. The Balaban J connectivity index is 1.65. The molecule has 2 aromatic carbocycles. The van der Waals surface area contributed by atoms with E-state index in [1.807, 2.05) is 58.0 Å². The highest BCUT2D eigenvalue weighted by atomic mass is 16.5. The van der Waals surface area contributed by atoms with Crippen molar-refractivity contribution in [2.45, 2.75) is 39.9 Å². The van der Waals surface area contributed by atoms with Gasteiger partial charge in [-0.25, -0.2) is 0 Å². The van der Waals surface area contributed by atoms with Crippen LogP contribution in [0.5, 0.6) is 17.2 Å². The number of carbonyl (C=O) groups is 1. The minimum Gasteiger partial charge on any atom is -0.497 e. The monoisotopic (exact) mass is 420 g/mol. The Morgan fingerprint density at radius 3 is 2.29 bits per heavy atom. The molecule has 0 spiro atoms. The molecule has 0 saturated carbocycles. The summed E-state index contributed by atoms with van der Waals surface area (Å²) in [6, 6.07) is 18.2. The summed E-state index contributed by atoms with van der Waals surface area (Å²) >= 11 is 0. The van der Waals surface area contributed by atoms with Crippen LogP contribution in [0.3, 0.4) is 0 Å². The van der Waals surface area contributed by atoms with Crippen LogP contribution in [0.1, 0.15) is 48.6 Å². The molecule has 0 radical (unpaired) electrons. The Labute approximate surface area is 183 Å². The molecule has 1 heterocycles. The number of nitrogens with one attached hydrogen (secondary N) is 1. The zero-order chi connectivity index (χ0) is 22.4. The van der Waals surface area contributed by atoms with Gasteiger partial charge < -0.3 is 19.5 Å². The second kappa shape index (κ2) is 10.1. The Hall–Kier alpha value is -3.38. The molecule has 1 N–H and O–H groups in total. The smallest absolute Gasteiger partial charge is 0.257 e. The van der Waals surface area contributed by atoms with Crippen LogP contribution in [0.4, 0.5) is 5.69 Å². The number of aromatic nitrogens is 1. The average Bonchev–Trinajstić information content (AvgIpc) is 2.74. The van der Waals surface area contributed by atoms with Gasteiger partial charge in [-0.2, -0.15) is 0 Å². The van der Waals surface area contributed by atoms with E-state index >= 15 is 0 Å². The van der Waals surface area contributed by atoms with Gasteiger partial charge in [-0.05, 0) is 76.2 Å². The standard InChI is InChI=1S/C25H28N2O4/c1-16(2)30-18(4)24-14-13-23(17(3)26-24)25(28)27-19-9-11-20(12-10-19)31-22-8-6-7-21(15-22)29-5/h6-16,18H,1-5H3,(H,27,28). The van der Waals surface area contributed by atoms with Crippen molar-refractivity contribution in [3.8, 4) is 17.2 Å². The lowest BCUT2D eigenvalue weighted by Gasteiger charge is -2.17. The van der Waals surface area contributed by atoms with Gasteiger partial charge >= 0.3 is 0 Å². The highest BCUT2D eigenvalue weighted by Crippen LogP contribution is 2.26. The van der Waals surface area contributed by atoms with Gasteiger partial charge in [0.15, 0.2) is 0 Å². The maximum absolute atomic E-state index is 12.7. The first-order chi connectivity index (χ1) is 14.9. The molecule has 3 rings (SSSR count). The van der Waals surface area contributed by atoms with Crippen molar-refractivity contribution in [1.29, 1.82) is 0 Å². The van der Waals surface area contributed by atoms with Crippen LogP contribution in [-0.2, 0) is 4.74 Å². The molecule has 6 heteroatoms. The Bertz CT molecular complexity index is 1030. The lowest BCUT2D eigenvalue weighted by Crippen LogP contribution is -2.16. The van der Waals surface area contributed by atoms with Crippen LogP contribution < -0.4 is 14.8 Å². The summed E-state index contributed by atoms with van der Waals surface area (Å²) in [6.07, 6.45) is -0.0242. The predicted molar refractivity (Wildman–Crippen MR) is 121 cm³/mol. The second-order valence-electron chi connectivity index (χ2n) is 7.46. The van der Waals surface area contributed by atoms with Crippen LogP contribution >= 0.6 is 0 Å². The molecule has 0 aliphatic carbocycles. The Morgan fingerprint density at radius 2 is 1.65 bits per heavy atom. The van der Waals surface area contributed by atoms with E-state index < -0.39 is 0 Å². The van der Waals surface area contributed by atoms with E-state index in [1.165, 1.54) is 0 Å². The summed E-state index contributed by atoms with van der Waals surface area (Å²) in [4.78, 5) is 17.3. The number of benzene rings is 2. The highest BCUT2D eigenvalue weighted by molar-refractivity contribution is 6.05. The zero-order valence-corrected chi connectivity index (χ0v) is 18.5. The first kappa shape index (κ1) is 22.3. The molecule has 0 aliphatic heterocycles. The van der Waals surface area contributed by atoms with Gasteiger partial charge in [0.05, 0.1) is 36.3 Å². The van der Waals surface area contributed by atoms with Crippen molar-refractivity contribution in [2.75, 3.05) is 12.4 Å². The fraction of sp³-hybridized carbons (Fsp3) is 0.280. The molecule has 0 saturated heterocycles. The van der Waals surface area contributed by atoms with Gasteiger partial charge in [0.2, 0.25) is 0 Å². The number of rotatable bonds is 8. The molecule has 1 atom stereocenters. The molecule has 0 bridgehead atoms. The van der Waals surface area contributed by atoms with Crippen LogP contribution in [-0.4, -0.2) is 24.1 Å². The highest BCUT2D eigenvalue weighted by Gasteiger charge is 2.15. The molecule has 3 aromatic rings. The summed E-state index contributed by atoms with van der Waals surface area (Å²) in [5.74, 6) is 1.85. The van der Waals surface area contributed by atoms with E-state index in [1.54, 1.807) is 37.4 Å². The molecule has 1 unspecified atom stereocenters. The summed E-state index contributed by atoms with van der Waals surface area (Å²) in [5.41, 5.74) is 2.66. The lowest BCUT2D eigenvalue weighted by atomic mass is 10.1. The third kappa shape index (κ3) is 6.06. The SMILES string of the molecule is COc1cccc(Oc2ccc(NC(=O)c3ccc(C(C)OC(C)C)nc3C)cc2)c1. The molecule has 1 amide bonds. The van der Waals surface area contributed by atoms with Crippen molar-refractivity contribution >= 4 is 11.6 Å². The average molecular weight is 421 g/mol. The second-order valence-corrected chi connectivity index (χ2v) is 7.46. The number of amides is 1. The Morgan fingerprint density at radius 1 is 0.935 bits per heavy atom. The molecule has 0 fully saturated rings. The first-order valence-electron chi connectivity index (χ1n) is 10.2. The van der Waals surface area contributed by atoms with Crippen molar-refractivity contribution in [3.05, 3.63) is 77.6 Å². The van der Waals surface area contributed by atoms with Gasteiger partial charge in [-0.1, -0.05) is 6.07 Å². The summed E-state index contributed by atoms with van der Waals surface area (Å²) in [6.45, 7) is 7.75. The fourth-order valence-electron chi connectivity index (χ4n) is 3.13. The van der Waals surface area contributed by atoms with E-state index in [-0.39, 0.29) is 18.1 Å². The number of hydrogen-bond acceptors (Lipinski definition) is 5. The molecule has 0 aliphatic rings. The lowest BCUT2D eigenvalue weighted by molar-refractivity contribution is 0.0154. The topological polar surface area (TPSA) is 69.7 Å². The molecular formula is C25H28N2O4. The number of anilines is 1. The minimum atomic E-state index is -0.213. The summed E-state index contributed by atoms with van der Waals surface area (Å²) in [7, 11) is 1.61. The van der Waals surface area contributed by atoms with Gasteiger partial charge in [-0.3, -0.25) is 9.78 Å². The summed E-state index contributed by atoms with van der Waals surface area (Å²) in [5, 5.41) is 2.90. The van der Waals surface area contributed by atoms with Crippen molar-refractivity contribution in [1.82, 2.24) is 4.98 Å². The van der Waals surface area contributed by atoms with Crippen molar-refractivity contribution in [2.24, 2.45) is 0 Å².